The van der Waals surface area contributed by atoms with Crippen molar-refractivity contribution >= 4 is 11.6 Å². The number of carbonyl (C=O) groups excluding carboxylic acids is 1. The lowest BCUT2D eigenvalue weighted by Gasteiger charge is -2.09. The van der Waals surface area contributed by atoms with Gasteiger partial charge in [0.25, 0.3) is 5.91 Å². The van der Waals surface area contributed by atoms with Gasteiger partial charge in [-0.15, -0.1) is 0 Å². The number of nitrogens with zero attached hydrogens (tertiary/aromatic N) is 1. The van der Waals surface area contributed by atoms with Gasteiger partial charge in [0, 0.05) is 23.6 Å². The van der Waals surface area contributed by atoms with Crippen LogP contribution in [0.1, 0.15) is 15.9 Å². The third-order valence-corrected chi connectivity index (χ3v) is 3.41. The minimum atomic E-state index is -0.256. The second-order valence-electron chi connectivity index (χ2n) is 5.12. The predicted molar refractivity (Wildman–Crippen MR) is 86.6 cm³/mol. The Labute approximate surface area is 128 Å². The standard InChI is InChI=1S/C18H16N2O2/c1-13-7-8-16(17(21)11-13)19-18(22)14-5-4-6-15(12-14)20-9-2-3-10-20/h2-12,21H,1H3,(H,19,22). The smallest absolute Gasteiger partial charge is 0.255 e. The van der Waals surface area contributed by atoms with E-state index in [1.807, 2.05) is 54.2 Å². The van der Waals surface area contributed by atoms with Gasteiger partial charge in [0.1, 0.15) is 5.75 Å². The Kier molecular flexibility index (Phi) is 3.66. The van der Waals surface area contributed by atoms with Gasteiger partial charge in [0.15, 0.2) is 0 Å². The van der Waals surface area contributed by atoms with Crippen LogP contribution in [0, 0.1) is 6.92 Å². The van der Waals surface area contributed by atoms with Crippen LogP contribution < -0.4 is 5.32 Å². The maximum Gasteiger partial charge on any atom is 0.255 e. The second kappa shape index (κ2) is 5.77. The molecule has 1 heterocycles. The summed E-state index contributed by atoms with van der Waals surface area (Å²) in [4.78, 5) is 12.3. The largest absolute Gasteiger partial charge is 0.506 e. The molecule has 22 heavy (non-hydrogen) atoms. The Morgan fingerprint density at radius 1 is 1.05 bits per heavy atom. The van der Waals surface area contributed by atoms with E-state index in [0.29, 0.717) is 11.3 Å². The fraction of sp³-hybridized carbons (Fsp3) is 0.0556. The predicted octanol–water partition coefficient (Wildman–Crippen LogP) is 3.74. The average molecular weight is 292 g/mol. The quantitative estimate of drug-likeness (QED) is 0.722. The molecule has 0 saturated carbocycles. The van der Waals surface area contributed by atoms with E-state index in [1.54, 1.807) is 24.3 Å². The van der Waals surface area contributed by atoms with Crippen molar-refractivity contribution in [2.24, 2.45) is 0 Å². The van der Waals surface area contributed by atoms with Gasteiger partial charge in [-0.3, -0.25) is 4.79 Å². The van der Waals surface area contributed by atoms with Gasteiger partial charge in [-0.05, 0) is 55.0 Å². The van der Waals surface area contributed by atoms with Crippen molar-refractivity contribution in [1.82, 2.24) is 4.57 Å². The number of aromatic hydroxyl groups is 1. The molecule has 2 N–H and O–H groups in total. The molecule has 0 radical (unpaired) electrons. The fourth-order valence-corrected chi connectivity index (χ4v) is 2.26. The summed E-state index contributed by atoms with van der Waals surface area (Å²) in [5.41, 5.74) is 2.78. The van der Waals surface area contributed by atoms with Crippen molar-refractivity contribution in [3.05, 3.63) is 78.1 Å². The molecule has 1 amide bonds. The van der Waals surface area contributed by atoms with E-state index in [2.05, 4.69) is 5.32 Å². The van der Waals surface area contributed by atoms with Gasteiger partial charge < -0.3 is 15.0 Å². The number of rotatable bonds is 3. The van der Waals surface area contributed by atoms with E-state index in [9.17, 15) is 9.90 Å². The SMILES string of the molecule is Cc1ccc(NC(=O)c2cccc(-n3cccc3)c2)c(O)c1. The number of amides is 1. The van der Waals surface area contributed by atoms with Gasteiger partial charge in [0.2, 0.25) is 0 Å². The van der Waals surface area contributed by atoms with E-state index in [4.69, 9.17) is 0 Å². The number of phenolic OH excluding ortho intramolecular Hbond substituents is 1. The highest BCUT2D eigenvalue weighted by Crippen LogP contribution is 2.24. The number of anilines is 1. The molecule has 4 nitrogen and oxygen atoms in total. The van der Waals surface area contributed by atoms with Crippen LogP contribution in [0.25, 0.3) is 5.69 Å². The number of carbonyl (C=O) groups is 1. The molecule has 0 unspecified atom stereocenters. The first kappa shape index (κ1) is 13.9. The van der Waals surface area contributed by atoms with Crippen molar-refractivity contribution in [2.75, 3.05) is 5.32 Å². The van der Waals surface area contributed by atoms with Crippen molar-refractivity contribution < 1.29 is 9.90 Å². The van der Waals surface area contributed by atoms with Gasteiger partial charge in [0.05, 0.1) is 5.69 Å². The lowest BCUT2D eigenvalue weighted by atomic mass is 10.1. The zero-order chi connectivity index (χ0) is 15.5. The molecular weight excluding hydrogens is 276 g/mol. The molecule has 0 aliphatic heterocycles. The Morgan fingerprint density at radius 3 is 2.55 bits per heavy atom. The summed E-state index contributed by atoms with van der Waals surface area (Å²) in [5, 5.41) is 12.6. The molecule has 0 saturated heterocycles. The van der Waals surface area contributed by atoms with Crippen molar-refractivity contribution in [2.45, 2.75) is 6.92 Å². The number of hydrogen-bond acceptors (Lipinski definition) is 2. The maximum atomic E-state index is 12.3. The monoisotopic (exact) mass is 292 g/mol. The molecule has 110 valence electrons. The van der Waals surface area contributed by atoms with E-state index in [0.717, 1.165) is 11.3 Å². The highest BCUT2D eigenvalue weighted by atomic mass is 16.3. The van der Waals surface area contributed by atoms with Crippen LogP contribution in [0.2, 0.25) is 0 Å². The van der Waals surface area contributed by atoms with E-state index < -0.39 is 0 Å². The molecule has 4 heteroatoms. The van der Waals surface area contributed by atoms with Crippen molar-refractivity contribution in [3.8, 4) is 11.4 Å². The minimum absolute atomic E-state index is 0.0647. The van der Waals surface area contributed by atoms with Crippen LogP contribution in [0.3, 0.4) is 0 Å². The minimum Gasteiger partial charge on any atom is -0.506 e. The molecule has 3 rings (SSSR count). The second-order valence-corrected chi connectivity index (χ2v) is 5.12. The molecule has 0 atom stereocenters. The van der Waals surface area contributed by atoms with Gasteiger partial charge in [-0.25, -0.2) is 0 Å². The number of aryl methyl sites for hydroxylation is 1. The van der Waals surface area contributed by atoms with Crippen molar-refractivity contribution in [1.29, 1.82) is 0 Å². The number of hydrogen-bond donors (Lipinski definition) is 2. The Balaban J connectivity index is 1.85. The topological polar surface area (TPSA) is 54.3 Å². The zero-order valence-electron chi connectivity index (χ0n) is 12.2. The lowest BCUT2D eigenvalue weighted by Crippen LogP contribution is -2.12. The van der Waals surface area contributed by atoms with E-state index in [-0.39, 0.29) is 11.7 Å². The summed E-state index contributed by atoms with van der Waals surface area (Å²) >= 11 is 0. The zero-order valence-corrected chi connectivity index (χ0v) is 12.2. The number of aromatic nitrogens is 1. The summed E-state index contributed by atoms with van der Waals surface area (Å²) in [6, 6.07) is 16.3. The third-order valence-electron chi connectivity index (χ3n) is 3.41. The number of benzene rings is 2. The van der Waals surface area contributed by atoms with Gasteiger partial charge in [-0.1, -0.05) is 12.1 Å². The molecule has 3 aromatic rings. The highest BCUT2D eigenvalue weighted by Gasteiger charge is 2.10. The molecule has 0 aliphatic rings. The summed E-state index contributed by atoms with van der Waals surface area (Å²) < 4.78 is 1.93. The van der Waals surface area contributed by atoms with Crippen LogP contribution in [0.5, 0.6) is 5.75 Å². The first-order valence-electron chi connectivity index (χ1n) is 6.98. The molecular formula is C18H16N2O2. The van der Waals surface area contributed by atoms with Crippen LogP contribution in [-0.2, 0) is 0 Å². The normalized spacial score (nSPS) is 10.4. The van der Waals surface area contributed by atoms with Crippen LogP contribution in [0.4, 0.5) is 5.69 Å². The maximum absolute atomic E-state index is 12.3. The van der Waals surface area contributed by atoms with E-state index >= 15 is 0 Å². The third kappa shape index (κ3) is 2.86. The van der Waals surface area contributed by atoms with Crippen LogP contribution >= 0.6 is 0 Å². The lowest BCUT2D eigenvalue weighted by molar-refractivity contribution is 0.102. The Morgan fingerprint density at radius 2 is 1.82 bits per heavy atom. The summed E-state index contributed by atoms with van der Waals surface area (Å²) in [7, 11) is 0. The molecule has 0 bridgehead atoms. The summed E-state index contributed by atoms with van der Waals surface area (Å²) in [5.74, 6) is -0.192. The summed E-state index contributed by atoms with van der Waals surface area (Å²) in [6.07, 6.45) is 3.84. The van der Waals surface area contributed by atoms with Crippen LogP contribution in [-0.4, -0.2) is 15.6 Å². The Hall–Kier alpha value is -3.01. The molecule has 1 aromatic heterocycles. The highest BCUT2D eigenvalue weighted by molar-refractivity contribution is 6.05. The van der Waals surface area contributed by atoms with Gasteiger partial charge >= 0.3 is 0 Å². The molecule has 2 aromatic carbocycles. The molecule has 0 aliphatic carbocycles. The first-order valence-corrected chi connectivity index (χ1v) is 6.98. The number of nitrogens with one attached hydrogen (secondary N) is 1. The molecule has 0 spiro atoms. The Bertz CT molecular complexity index is 808. The fourth-order valence-electron chi connectivity index (χ4n) is 2.26. The van der Waals surface area contributed by atoms with Crippen molar-refractivity contribution in [3.63, 3.8) is 0 Å². The van der Waals surface area contributed by atoms with Gasteiger partial charge in [-0.2, -0.15) is 0 Å². The first-order chi connectivity index (χ1) is 10.6. The van der Waals surface area contributed by atoms with E-state index in [1.165, 1.54) is 0 Å². The average Bonchev–Trinajstić information content (AvgIpc) is 3.04. The van der Waals surface area contributed by atoms with Crippen LogP contribution in [0.15, 0.2) is 67.0 Å². The molecule has 0 fully saturated rings. The summed E-state index contributed by atoms with van der Waals surface area (Å²) in [6.45, 7) is 1.88. The number of phenols is 1.